The van der Waals surface area contributed by atoms with Gasteiger partial charge in [0.05, 0.1) is 18.9 Å². The molecule has 2 rings (SSSR count). The zero-order valence-electron chi connectivity index (χ0n) is 9.16. The Morgan fingerprint density at radius 2 is 2.62 bits per heavy atom. The highest BCUT2D eigenvalue weighted by Crippen LogP contribution is 2.07. The van der Waals surface area contributed by atoms with Gasteiger partial charge in [-0.2, -0.15) is 4.98 Å². The van der Waals surface area contributed by atoms with Crippen LogP contribution in [0.5, 0.6) is 0 Å². The quantitative estimate of drug-likeness (QED) is 0.773. The van der Waals surface area contributed by atoms with Crippen LogP contribution in [0.4, 0.5) is 6.01 Å². The lowest BCUT2D eigenvalue weighted by Crippen LogP contribution is -2.43. The van der Waals surface area contributed by atoms with E-state index < -0.39 is 0 Å². The van der Waals surface area contributed by atoms with Gasteiger partial charge >= 0.3 is 6.01 Å². The molecule has 0 saturated carbocycles. The van der Waals surface area contributed by atoms with Crippen LogP contribution >= 0.6 is 0 Å². The van der Waals surface area contributed by atoms with E-state index in [4.69, 9.17) is 9.15 Å². The molecule has 1 aromatic rings. The van der Waals surface area contributed by atoms with Gasteiger partial charge in [0.2, 0.25) is 5.91 Å². The van der Waals surface area contributed by atoms with Gasteiger partial charge in [-0.05, 0) is 6.92 Å². The second-order valence-electron chi connectivity index (χ2n) is 3.77. The Morgan fingerprint density at radius 3 is 3.25 bits per heavy atom. The molecule has 2 N–H and O–H groups in total. The Morgan fingerprint density at radius 1 is 1.75 bits per heavy atom. The van der Waals surface area contributed by atoms with Gasteiger partial charge < -0.3 is 14.5 Å². The molecule has 6 nitrogen and oxygen atoms in total. The summed E-state index contributed by atoms with van der Waals surface area (Å²) in [6.45, 7) is 3.86. The highest BCUT2D eigenvalue weighted by Gasteiger charge is 2.17. The zero-order chi connectivity index (χ0) is 11.4. The molecular formula is C10H15N3O3. The van der Waals surface area contributed by atoms with E-state index >= 15 is 0 Å². The normalized spacial score (nSPS) is 20.7. The minimum absolute atomic E-state index is 0.0739. The maximum absolute atomic E-state index is 11.6. The van der Waals surface area contributed by atoms with E-state index in [1.165, 1.54) is 6.26 Å². The van der Waals surface area contributed by atoms with Gasteiger partial charge in [0.15, 0.2) is 0 Å². The Bertz CT molecular complexity index is 358. The van der Waals surface area contributed by atoms with Gasteiger partial charge in [-0.15, -0.1) is 0 Å². The molecule has 1 aliphatic rings. The van der Waals surface area contributed by atoms with Crippen LogP contribution in [0.3, 0.4) is 0 Å². The second-order valence-corrected chi connectivity index (χ2v) is 3.77. The zero-order valence-corrected chi connectivity index (χ0v) is 9.16. The van der Waals surface area contributed by atoms with Crippen LogP contribution < -0.4 is 10.6 Å². The predicted octanol–water partition coefficient (Wildman–Crippen LogP) is 0.300. The Balaban J connectivity index is 1.79. The van der Waals surface area contributed by atoms with E-state index in [0.29, 0.717) is 19.6 Å². The molecule has 1 atom stereocenters. The number of amides is 1. The average Bonchev–Trinajstić information content (AvgIpc) is 2.65. The van der Waals surface area contributed by atoms with Crippen molar-refractivity contribution < 1.29 is 13.9 Å². The van der Waals surface area contributed by atoms with E-state index in [9.17, 15) is 4.79 Å². The molecule has 0 aromatic carbocycles. The third kappa shape index (κ3) is 3.04. The molecular weight excluding hydrogens is 210 g/mol. The van der Waals surface area contributed by atoms with Crippen molar-refractivity contribution in [1.29, 1.82) is 0 Å². The second kappa shape index (κ2) is 5.09. The van der Waals surface area contributed by atoms with Gasteiger partial charge in [0.1, 0.15) is 6.26 Å². The molecule has 88 valence electrons. The monoisotopic (exact) mass is 225 g/mol. The number of nitrogens with one attached hydrogen (secondary N) is 2. The van der Waals surface area contributed by atoms with E-state index in [-0.39, 0.29) is 18.0 Å². The summed E-state index contributed by atoms with van der Waals surface area (Å²) in [6.07, 6.45) is 1.86. The SMILES string of the molecule is Cc1coc(NC(=O)CC2COCCN2)n1. The Kier molecular flexibility index (Phi) is 3.53. The predicted molar refractivity (Wildman–Crippen MR) is 57.1 cm³/mol. The highest BCUT2D eigenvalue weighted by molar-refractivity contribution is 5.89. The molecule has 6 heteroatoms. The van der Waals surface area contributed by atoms with Gasteiger partial charge in [-0.3, -0.25) is 10.1 Å². The molecule has 0 aliphatic carbocycles. The minimum atomic E-state index is -0.121. The van der Waals surface area contributed by atoms with Crippen LogP contribution in [0, 0.1) is 6.92 Å². The van der Waals surface area contributed by atoms with Crippen molar-refractivity contribution in [2.24, 2.45) is 0 Å². The van der Waals surface area contributed by atoms with Crippen molar-refractivity contribution in [3.63, 3.8) is 0 Å². The number of morpholine rings is 1. The number of carbonyl (C=O) groups is 1. The fourth-order valence-electron chi connectivity index (χ4n) is 1.56. The Hall–Kier alpha value is -1.40. The van der Waals surface area contributed by atoms with Crippen molar-refractivity contribution in [3.05, 3.63) is 12.0 Å². The molecule has 2 heterocycles. The van der Waals surface area contributed by atoms with E-state index in [2.05, 4.69) is 15.6 Å². The average molecular weight is 225 g/mol. The number of carbonyl (C=O) groups excluding carboxylic acids is 1. The van der Waals surface area contributed by atoms with Gasteiger partial charge in [-0.1, -0.05) is 0 Å². The maximum atomic E-state index is 11.6. The number of oxazole rings is 1. The van der Waals surface area contributed by atoms with Gasteiger partial charge in [-0.25, -0.2) is 0 Å². The molecule has 0 bridgehead atoms. The van der Waals surface area contributed by atoms with Crippen molar-refractivity contribution in [2.75, 3.05) is 25.1 Å². The standard InChI is InChI=1S/C10H15N3O3/c1-7-5-16-10(12-7)13-9(14)4-8-6-15-3-2-11-8/h5,8,11H,2-4,6H2,1H3,(H,12,13,14). The van der Waals surface area contributed by atoms with Crippen LogP contribution in [0.1, 0.15) is 12.1 Å². The molecule has 1 aliphatic heterocycles. The fourth-order valence-corrected chi connectivity index (χ4v) is 1.56. The number of anilines is 1. The number of rotatable bonds is 3. The lowest BCUT2D eigenvalue weighted by atomic mass is 10.2. The summed E-state index contributed by atoms with van der Waals surface area (Å²) in [7, 11) is 0. The molecule has 1 aromatic heterocycles. The third-order valence-corrected chi connectivity index (χ3v) is 2.30. The number of nitrogens with zero attached hydrogens (tertiary/aromatic N) is 1. The van der Waals surface area contributed by atoms with E-state index in [1.807, 2.05) is 0 Å². The largest absolute Gasteiger partial charge is 0.432 e. The van der Waals surface area contributed by atoms with Crippen molar-refractivity contribution in [1.82, 2.24) is 10.3 Å². The molecule has 1 amide bonds. The molecule has 1 saturated heterocycles. The topological polar surface area (TPSA) is 76.4 Å². The number of hydrogen-bond acceptors (Lipinski definition) is 5. The van der Waals surface area contributed by atoms with Crippen molar-refractivity contribution in [3.8, 4) is 0 Å². The van der Waals surface area contributed by atoms with Crippen LogP contribution in [0.15, 0.2) is 10.7 Å². The van der Waals surface area contributed by atoms with E-state index in [1.54, 1.807) is 6.92 Å². The van der Waals surface area contributed by atoms with Crippen LogP contribution in [-0.2, 0) is 9.53 Å². The number of aromatic nitrogens is 1. The van der Waals surface area contributed by atoms with Crippen LogP contribution in [-0.4, -0.2) is 36.7 Å². The fraction of sp³-hybridized carbons (Fsp3) is 0.600. The van der Waals surface area contributed by atoms with Gasteiger partial charge in [0.25, 0.3) is 0 Å². The van der Waals surface area contributed by atoms with Crippen LogP contribution in [0.2, 0.25) is 0 Å². The smallest absolute Gasteiger partial charge is 0.301 e. The van der Waals surface area contributed by atoms with Crippen molar-refractivity contribution in [2.45, 2.75) is 19.4 Å². The van der Waals surface area contributed by atoms with Crippen molar-refractivity contribution >= 4 is 11.9 Å². The lowest BCUT2D eigenvalue weighted by Gasteiger charge is -2.22. The number of aryl methyl sites for hydroxylation is 1. The molecule has 1 unspecified atom stereocenters. The first kappa shape index (κ1) is 11.1. The lowest BCUT2D eigenvalue weighted by molar-refractivity contribution is -0.117. The van der Waals surface area contributed by atoms with Crippen LogP contribution in [0.25, 0.3) is 0 Å². The molecule has 0 radical (unpaired) electrons. The Labute approximate surface area is 93.4 Å². The summed E-state index contributed by atoms with van der Waals surface area (Å²) in [5.74, 6) is -0.121. The first-order valence-corrected chi connectivity index (χ1v) is 5.27. The maximum Gasteiger partial charge on any atom is 0.301 e. The summed E-state index contributed by atoms with van der Waals surface area (Å²) in [6, 6.07) is 0.323. The summed E-state index contributed by atoms with van der Waals surface area (Å²) in [5, 5.41) is 5.80. The minimum Gasteiger partial charge on any atom is -0.432 e. The molecule has 1 fully saturated rings. The molecule has 16 heavy (non-hydrogen) atoms. The van der Waals surface area contributed by atoms with Gasteiger partial charge in [0, 0.05) is 19.0 Å². The van der Waals surface area contributed by atoms with E-state index in [0.717, 1.165) is 12.2 Å². The summed E-state index contributed by atoms with van der Waals surface area (Å²) in [5.41, 5.74) is 0.745. The number of ether oxygens (including phenoxy) is 1. The molecule has 0 spiro atoms. The summed E-state index contributed by atoms with van der Waals surface area (Å²) in [4.78, 5) is 15.6. The highest BCUT2D eigenvalue weighted by atomic mass is 16.5. The first-order chi connectivity index (χ1) is 7.74. The number of hydrogen-bond donors (Lipinski definition) is 2. The summed E-state index contributed by atoms with van der Waals surface area (Å²) >= 11 is 0. The third-order valence-electron chi connectivity index (χ3n) is 2.30. The first-order valence-electron chi connectivity index (χ1n) is 5.27. The summed E-state index contributed by atoms with van der Waals surface area (Å²) < 4.78 is 10.3.